The number of halogens is 1. The molecule has 6 nitrogen and oxygen atoms in total. The van der Waals surface area contributed by atoms with Gasteiger partial charge in [-0.3, -0.25) is 9.69 Å². The van der Waals surface area contributed by atoms with Crippen molar-refractivity contribution >= 4 is 21.9 Å². The zero-order chi connectivity index (χ0) is 21.0. The minimum absolute atomic E-state index is 0.359. The smallest absolute Gasteiger partial charge is 0.320 e. The Labute approximate surface area is 179 Å². The van der Waals surface area contributed by atoms with E-state index in [9.17, 15) is 9.90 Å². The lowest BCUT2D eigenvalue weighted by Crippen LogP contribution is -2.39. The zero-order valence-electron chi connectivity index (χ0n) is 16.9. The number of para-hydroxylation sites is 1. The van der Waals surface area contributed by atoms with E-state index < -0.39 is 12.0 Å². The summed E-state index contributed by atoms with van der Waals surface area (Å²) in [7, 11) is 3.19. The number of carboxylic acids is 1. The Balaban J connectivity index is 2.25. The third kappa shape index (κ3) is 4.36. The largest absolute Gasteiger partial charge is 0.494 e. The number of ether oxygens (including phenoxy) is 3. The van der Waals surface area contributed by atoms with Crippen LogP contribution < -0.4 is 14.2 Å². The fourth-order valence-corrected chi connectivity index (χ4v) is 4.41. The number of hydrogen-bond donors (Lipinski definition) is 1. The van der Waals surface area contributed by atoms with Crippen LogP contribution in [-0.2, 0) is 4.79 Å². The lowest BCUT2D eigenvalue weighted by atomic mass is 9.94. The van der Waals surface area contributed by atoms with Gasteiger partial charge in [-0.15, -0.1) is 0 Å². The van der Waals surface area contributed by atoms with Crippen molar-refractivity contribution in [3.05, 3.63) is 52.0 Å². The number of aliphatic carboxylic acids is 1. The number of likely N-dealkylation sites (tertiary alicyclic amines) is 1. The molecule has 0 radical (unpaired) electrons. The van der Waals surface area contributed by atoms with Crippen LogP contribution in [0.2, 0.25) is 0 Å². The second-order valence-electron chi connectivity index (χ2n) is 6.83. The minimum Gasteiger partial charge on any atom is -0.494 e. The average Bonchev–Trinajstić information content (AvgIpc) is 3.19. The summed E-state index contributed by atoms with van der Waals surface area (Å²) in [6.45, 7) is 3.11. The molecule has 2 aromatic rings. The Hall–Kier alpha value is -2.25. The molecule has 2 atom stereocenters. The number of nitrogens with zero attached hydrogens (tertiary/aromatic N) is 1. The van der Waals surface area contributed by atoms with Crippen molar-refractivity contribution in [1.82, 2.24) is 4.90 Å². The quantitative estimate of drug-likeness (QED) is 0.621. The standard InChI is InChI=1S/C22H26BrNO5/c1-4-29-18-11-10-14(23)13-16(18)20(24-12-6-8-17(24)22(25)26)15-7-5-9-19(27-2)21(15)28-3/h5,7,9-11,13,17,20H,4,6,8,12H2,1-3H3,(H,25,26). The van der Waals surface area contributed by atoms with Crippen LogP contribution >= 0.6 is 15.9 Å². The molecule has 0 amide bonds. The van der Waals surface area contributed by atoms with Gasteiger partial charge in [-0.25, -0.2) is 0 Å². The van der Waals surface area contributed by atoms with Crippen LogP contribution in [0.15, 0.2) is 40.9 Å². The van der Waals surface area contributed by atoms with Crippen LogP contribution in [0.4, 0.5) is 0 Å². The second kappa shape index (κ2) is 9.50. The van der Waals surface area contributed by atoms with E-state index in [4.69, 9.17) is 14.2 Å². The molecule has 1 aliphatic rings. The molecule has 156 valence electrons. The molecule has 1 fully saturated rings. The summed E-state index contributed by atoms with van der Waals surface area (Å²) in [4.78, 5) is 14.0. The lowest BCUT2D eigenvalue weighted by molar-refractivity contribution is -0.142. The molecule has 0 spiro atoms. The first kappa shape index (κ1) is 21.5. The Morgan fingerprint density at radius 3 is 2.66 bits per heavy atom. The Kier molecular flexibility index (Phi) is 7.03. The molecule has 0 aliphatic carbocycles. The van der Waals surface area contributed by atoms with Gasteiger partial charge in [-0.05, 0) is 44.0 Å². The van der Waals surface area contributed by atoms with E-state index in [1.54, 1.807) is 14.2 Å². The van der Waals surface area contributed by atoms with E-state index in [0.717, 1.165) is 27.8 Å². The third-order valence-corrected chi connectivity index (χ3v) is 5.70. The highest BCUT2D eigenvalue weighted by Crippen LogP contribution is 2.45. The van der Waals surface area contributed by atoms with E-state index in [-0.39, 0.29) is 6.04 Å². The minimum atomic E-state index is -0.817. The van der Waals surface area contributed by atoms with E-state index in [1.165, 1.54) is 0 Å². The first-order chi connectivity index (χ1) is 14.0. The van der Waals surface area contributed by atoms with Gasteiger partial charge >= 0.3 is 5.97 Å². The van der Waals surface area contributed by atoms with Crippen molar-refractivity contribution in [2.75, 3.05) is 27.4 Å². The molecule has 0 bridgehead atoms. The number of benzene rings is 2. The number of carboxylic acid groups (broad SMARTS) is 1. The summed E-state index contributed by atoms with van der Waals surface area (Å²) in [6, 6.07) is 10.6. The van der Waals surface area contributed by atoms with Gasteiger partial charge in [0.05, 0.1) is 26.9 Å². The fraction of sp³-hybridized carbons (Fsp3) is 0.409. The van der Waals surface area contributed by atoms with Gasteiger partial charge in [0.25, 0.3) is 0 Å². The molecular formula is C22H26BrNO5. The molecule has 3 rings (SSSR count). The van der Waals surface area contributed by atoms with E-state index >= 15 is 0 Å². The van der Waals surface area contributed by atoms with Crippen LogP contribution in [-0.4, -0.2) is 49.4 Å². The van der Waals surface area contributed by atoms with Crippen molar-refractivity contribution < 1.29 is 24.1 Å². The van der Waals surface area contributed by atoms with Gasteiger partial charge < -0.3 is 19.3 Å². The number of carbonyl (C=O) groups is 1. The molecule has 29 heavy (non-hydrogen) atoms. The maximum Gasteiger partial charge on any atom is 0.320 e. The number of hydrogen-bond acceptors (Lipinski definition) is 5. The van der Waals surface area contributed by atoms with Gasteiger partial charge in [0.15, 0.2) is 11.5 Å². The molecule has 1 N–H and O–H groups in total. The monoisotopic (exact) mass is 463 g/mol. The molecule has 2 unspecified atom stereocenters. The van der Waals surface area contributed by atoms with Crippen molar-refractivity contribution in [1.29, 1.82) is 0 Å². The van der Waals surface area contributed by atoms with Crippen LogP contribution in [0.1, 0.15) is 36.9 Å². The fourth-order valence-electron chi connectivity index (χ4n) is 4.04. The molecule has 1 heterocycles. The first-order valence-electron chi connectivity index (χ1n) is 9.63. The molecular weight excluding hydrogens is 438 g/mol. The second-order valence-corrected chi connectivity index (χ2v) is 7.75. The lowest BCUT2D eigenvalue weighted by Gasteiger charge is -2.34. The van der Waals surface area contributed by atoms with Gasteiger partial charge in [0, 0.05) is 22.1 Å². The summed E-state index contributed by atoms with van der Waals surface area (Å²) in [6.07, 6.45) is 1.42. The maximum atomic E-state index is 12.0. The SMILES string of the molecule is CCOc1ccc(Br)cc1C(c1cccc(OC)c1OC)N1CCCC1C(=O)O. The topological polar surface area (TPSA) is 68.2 Å². The summed E-state index contributed by atoms with van der Waals surface area (Å²) in [5.41, 5.74) is 1.74. The van der Waals surface area contributed by atoms with Crippen molar-refractivity contribution in [3.8, 4) is 17.2 Å². The van der Waals surface area contributed by atoms with Crippen LogP contribution in [0.3, 0.4) is 0 Å². The highest BCUT2D eigenvalue weighted by molar-refractivity contribution is 9.10. The summed E-state index contributed by atoms with van der Waals surface area (Å²) in [5, 5.41) is 9.84. The molecule has 0 aromatic heterocycles. The van der Waals surface area contributed by atoms with Crippen LogP contribution in [0.5, 0.6) is 17.2 Å². The predicted molar refractivity (Wildman–Crippen MR) is 114 cm³/mol. The average molecular weight is 464 g/mol. The number of rotatable bonds is 8. The van der Waals surface area contributed by atoms with E-state index in [0.29, 0.717) is 31.1 Å². The van der Waals surface area contributed by atoms with Crippen molar-refractivity contribution in [2.45, 2.75) is 31.8 Å². The third-order valence-electron chi connectivity index (χ3n) is 5.21. The van der Waals surface area contributed by atoms with Gasteiger partial charge in [0.2, 0.25) is 0 Å². The summed E-state index contributed by atoms with van der Waals surface area (Å²) >= 11 is 3.56. The molecule has 1 aliphatic heterocycles. The Morgan fingerprint density at radius 1 is 1.21 bits per heavy atom. The maximum absolute atomic E-state index is 12.0. The molecule has 1 saturated heterocycles. The van der Waals surface area contributed by atoms with Crippen molar-refractivity contribution in [2.24, 2.45) is 0 Å². The number of methoxy groups -OCH3 is 2. The Morgan fingerprint density at radius 2 is 2.00 bits per heavy atom. The predicted octanol–water partition coefficient (Wildman–Crippen LogP) is 4.50. The van der Waals surface area contributed by atoms with Crippen LogP contribution in [0.25, 0.3) is 0 Å². The van der Waals surface area contributed by atoms with Crippen molar-refractivity contribution in [3.63, 3.8) is 0 Å². The highest BCUT2D eigenvalue weighted by Gasteiger charge is 2.39. The summed E-state index contributed by atoms with van der Waals surface area (Å²) < 4.78 is 18.0. The van der Waals surface area contributed by atoms with Gasteiger partial charge in [-0.1, -0.05) is 28.1 Å². The normalized spacial score (nSPS) is 17.7. The first-order valence-corrected chi connectivity index (χ1v) is 10.4. The molecule has 0 saturated carbocycles. The van der Waals surface area contributed by atoms with Gasteiger partial charge in [-0.2, -0.15) is 0 Å². The molecule has 7 heteroatoms. The zero-order valence-corrected chi connectivity index (χ0v) is 18.4. The van der Waals surface area contributed by atoms with Crippen LogP contribution in [0, 0.1) is 0 Å². The van der Waals surface area contributed by atoms with E-state index in [2.05, 4.69) is 15.9 Å². The van der Waals surface area contributed by atoms with E-state index in [1.807, 2.05) is 48.2 Å². The highest BCUT2D eigenvalue weighted by atomic mass is 79.9. The summed E-state index contributed by atoms with van der Waals surface area (Å²) in [5.74, 6) is 1.11. The van der Waals surface area contributed by atoms with Gasteiger partial charge in [0.1, 0.15) is 11.8 Å². The molecule has 2 aromatic carbocycles. The Bertz CT molecular complexity index is 872.